The third kappa shape index (κ3) is 5.20. The molecule has 0 aliphatic heterocycles. The topological polar surface area (TPSA) is 156 Å². The molecule has 1 aromatic carbocycles. The number of rotatable bonds is 10. The Balaban J connectivity index is 1.84. The van der Waals surface area contributed by atoms with Crippen molar-refractivity contribution in [2.75, 3.05) is 26.1 Å². The van der Waals surface area contributed by atoms with Gasteiger partial charge in [0.2, 0.25) is 21.9 Å². The van der Waals surface area contributed by atoms with Crippen LogP contribution in [0.5, 0.6) is 17.4 Å². The fraction of sp³-hybridized carbons (Fsp3) is 0.333. The van der Waals surface area contributed by atoms with Gasteiger partial charge in [-0.25, -0.2) is 23.4 Å². The molecule has 3 aromatic heterocycles. The Morgan fingerprint density at radius 2 is 1.58 bits per heavy atom. The molecular formula is C24H28N8O5S. The van der Waals surface area contributed by atoms with Gasteiger partial charge < -0.3 is 14.2 Å². The van der Waals surface area contributed by atoms with E-state index in [1.165, 1.54) is 38.3 Å². The number of methoxy groups -OCH3 is 3. The van der Waals surface area contributed by atoms with E-state index in [0.29, 0.717) is 23.0 Å². The first-order valence-corrected chi connectivity index (χ1v) is 13.1. The van der Waals surface area contributed by atoms with Crippen LogP contribution in [-0.2, 0) is 10.0 Å². The zero-order valence-corrected chi connectivity index (χ0v) is 22.6. The lowest BCUT2D eigenvalue weighted by Gasteiger charge is -2.21. The quantitative estimate of drug-likeness (QED) is 0.315. The van der Waals surface area contributed by atoms with E-state index in [1.807, 2.05) is 6.92 Å². The fourth-order valence-corrected chi connectivity index (χ4v) is 4.90. The standard InChI is InChI=1S/C24H28N8O5S/c1-14-10-26-22(27-11-14)15(2)16(3)38(33,34)31-24-30-29-23(17-12-25-13-20(28-17)37-6)32(24)21-18(35-4)8-7-9-19(21)36-5/h7-13,15-16H,1-6H3,(H,30,31)/t15-,16-/m0/s1. The molecule has 0 radical (unpaired) electrons. The van der Waals surface area contributed by atoms with E-state index in [-0.39, 0.29) is 23.3 Å². The maximum Gasteiger partial charge on any atom is 0.243 e. The Kier molecular flexibility index (Phi) is 7.71. The number of hydrogen-bond donors (Lipinski definition) is 1. The molecule has 0 fully saturated rings. The van der Waals surface area contributed by atoms with Gasteiger partial charge in [-0.3, -0.25) is 14.3 Å². The predicted octanol–water partition coefficient (Wildman–Crippen LogP) is 2.78. The molecule has 2 atom stereocenters. The van der Waals surface area contributed by atoms with E-state index in [0.717, 1.165) is 5.56 Å². The molecule has 4 rings (SSSR count). The van der Waals surface area contributed by atoms with Crippen LogP contribution in [0.25, 0.3) is 17.2 Å². The first-order chi connectivity index (χ1) is 18.2. The first-order valence-electron chi connectivity index (χ1n) is 11.5. The minimum absolute atomic E-state index is 0.101. The Bertz CT molecular complexity index is 1500. The highest BCUT2D eigenvalue weighted by molar-refractivity contribution is 7.93. The summed E-state index contributed by atoms with van der Waals surface area (Å²) in [6, 6.07) is 5.15. The molecule has 0 unspecified atom stereocenters. The molecule has 0 bridgehead atoms. The number of hydrogen-bond acceptors (Lipinski definition) is 11. The predicted molar refractivity (Wildman–Crippen MR) is 139 cm³/mol. The van der Waals surface area contributed by atoms with E-state index in [4.69, 9.17) is 14.2 Å². The average Bonchev–Trinajstić information content (AvgIpc) is 3.34. The number of anilines is 1. The lowest BCUT2D eigenvalue weighted by atomic mass is 10.1. The number of benzene rings is 1. The van der Waals surface area contributed by atoms with Crippen LogP contribution >= 0.6 is 0 Å². The first kappa shape index (κ1) is 26.7. The van der Waals surface area contributed by atoms with Gasteiger partial charge in [0.05, 0.1) is 39.0 Å². The van der Waals surface area contributed by atoms with Crippen LogP contribution in [0.1, 0.15) is 31.2 Å². The van der Waals surface area contributed by atoms with Gasteiger partial charge in [0, 0.05) is 18.3 Å². The second kappa shape index (κ2) is 11.0. The maximum absolute atomic E-state index is 13.6. The van der Waals surface area contributed by atoms with Gasteiger partial charge in [0.1, 0.15) is 28.7 Å². The fourth-order valence-electron chi connectivity index (χ4n) is 3.67. The second-order valence-corrected chi connectivity index (χ2v) is 10.4. The van der Waals surface area contributed by atoms with Crippen LogP contribution in [0.3, 0.4) is 0 Å². The highest BCUT2D eigenvalue weighted by Crippen LogP contribution is 2.37. The highest BCUT2D eigenvalue weighted by atomic mass is 32.2. The van der Waals surface area contributed by atoms with Crippen molar-refractivity contribution in [2.24, 2.45) is 0 Å². The molecule has 0 amide bonds. The third-order valence-electron chi connectivity index (χ3n) is 5.97. The minimum Gasteiger partial charge on any atom is -0.494 e. The van der Waals surface area contributed by atoms with Gasteiger partial charge in [0.25, 0.3) is 0 Å². The van der Waals surface area contributed by atoms with Gasteiger partial charge in [-0.1, -0.05) is 13.0 Å². The number of aromatic nitrogens is 7. The molecule has 3 heterocycles. The lowest BCUT2D eigenvalue weighted by Crippen LogP contribution is -2.31. The van der Waals surface area contributed by atoms with Crippen molar-refractivity contribution in [1.29, 1.82) is 0 Å². The summed E-state index contributed by atoms with van der Waals surface area (Å²) in [4.78, 5) is 17.1. The summed E-state index contributed by atoms with van der Waals surface area (Å²) in [7, 11) is 0.420. The second-order valence-electron chi connectivity index (χ2n) is 8.40. The van der Waals surface area contributed by atoms with Crippen LogP contribution in [0, 0.1) is 6.92 Å². The minimum atomic E-state index is -4.02. The normalized spacial score (nSPS) is 13.0. The largest absolute Gasteiger partial charge is 0.494 e. The number of para-hydroxylation sites is 1. The van der Waals surface area contributed by atoms with E-state index in [2.05, 4.69) is 34.9 Å². The SMILES string of the molecule is COc1cncc(-c2nnc(NS(=O)(=O)[C@@H](C)[C@H](C)c3ncc(C)cn3)n2-c2c(OC)cccc2OC)n1. The van der Waals surface area contributed by atoms with E-state index >= 15 is 0 Å². The molecule has 0 aliphatic rings. The lowest BCUT2D eigenvalue weighted by molar-refractivity contribution is 0.391. The van der Waals surface area contributed by atoms with E-state index in [1.54, 1.807) is 44.4 Å². The van der Waals surface area contributed by atoms with Crippen LogP contribution < -0.4 is 18.9 Å². The van der Waals surface area contributed by atoms with Gasteiger partial charge in [0.15, 0.2) is 5.82 Å². The smallest absolute Gasteiger partial charge is 0.243 e. The van der Waals surface area contributed by atoms with Crippen molar-refractivity contribution in [2.45, 2.75) is 31.9 Å². The van der Waals surface area contributed by atoms with Crippen LogP contribution in [0.2, 0.25) is 0 Å². The molecule has 4 aromatic rings. The molecule has 200 valence electrons. The monoisotopic (exact) mass is 540 g/mol. The summed E-state index contributed by atoms with van der Waals surface area (Å²) < 4.78 is 47.5. The van der Waals surface area contributed by atoms with Crippen LogP contribution in [0.4, 0.5) is 5.95 Å². The van der Waals surface area contributed by atoms with Gasteiger partial charge in [-0.15, -0.1) is 10.2 Å². The van der Waals surface area contributed by atoms with Crippen molar-refractivity contribution in [1.82, 2.24) is 34.7 Å². The number of nitrogens with zero attached hydrogens (tertiary/aromatic N) is 7. The number of nitrogens with one attached hydrogen (secondary N) is 1. The number of ether oxygens (including phenoxy) is 3. The molecule has 14 heteroatoms. The van der Waals surface area contributed by atoms with Crippen molar-refractivity contribution >= 4 is 16.0 Å². The van der Waals surface area contributed by atoms with Crippen molar-refractivity contribution in [3.63, 3.8) is 0 Å². The Morgan fingerprint density at radius 1 is 0.921 bits per heavy atom. The zero-order valence-electron chi connectivity index (χ0n) is 21.8. The molecule has 38 heavy (non-hydrogen) atoms. The summed E-state index contributed by atoms with van der Waals surface area (Å²) in [6.45, 7) is 5.19. The van der Waals surface area contributed by atoms with Crippen molar-refractivity contribution < 1.29 is 22.6 Å². The van der Waals surface area contributed by atoms with E-state index < -0.39 is 21.2 Å². The van der Waals surface area contributed by atoms with E-state index in [9.17, 15) is 8.42 Å². The summed E-state index contributed by atoms with van der Waals surface area (Å²) in [5.74, 6) is 0.984. The summed E-state index contributed by atoms with van der Waals surface area (Å²) in [5, 5.41) is 7.47. The Morgan fingerprint density at radius 3 is 2.18 bits per heavy atom. The van der Waals surface area contributed by atoms with Gasteiger partial charge in [-0.05, 0) is 31.5 Å². The highest BCUT2D eigenvalue weighted by Gasteiger charge is 2.32. The van der Waals surface area contributed by atoms with Gasteiger partial charge in [-0.2, -0.15) is 0 Å². The molecular weight excluding hydrogens is 512 g/mol. The van der Waals surface area contributed by atoms with Crippen LogP contribution in [-0.4, -0.2) is 69.7 Å². The summed E-state index contributed by atoms with van der Waals surface area (Å²) in [5.41, 5.74) is 1.52. The number of aryl methyl sites for hydroxylation is 1. The molecule has 0 saturated heterocycles. The average molecular weight is 541 g/mol. The van der Waals surface area contributed by atoms with Crippen molar-refractivity contribution in [3.8, 4) is 34.6 Å². The molecule has 0 saturated carbocycles. The third-order valence-corrected chi connectivity index (χ3v) is 7.83. The molecule has 1 N–H and O–H groups in total. The van der Waals surface area contributed by atoms with Gasteiger partial charge >= 0.3 is 0 Å². The molecule has 0 spiro atoms. The number of sulfonamides is 1. The summed E-state index contributed by atoms with van der Waals surface area (Å²) in [6.07, 6.45) is 6.20. The molecule has 13 nitrogen and oxygen atoms in total. The van der Waals surface area contributed by atoms with Crippen LogP contribution in [0.15, 0.2) is 43.0 Å². The molecule has 0 aliphatic carbocycles. The summed E-state index contributed by atoms with van der Waals surface area (Å²) >= 11 is 0. The maximum atomic E-state index is 13.6. The van der Waals surface area contributed by atoms with Crippen molar-refractivity contribution in [3.05, 3.63) is 54.4 Å². The Labute approximate surface area is 220 Å². The zero-order chi connectivity index (χ0) is 27.4. The Hall–Kier alpha value is -4.33.